The molecule has 2 aliphatic rings. The third-order valence-electron chi connectivity index (χ3n) is 10.0. The van der Waals surface area contributed by atoms with E-state index in [2.05, 4.69) is 102 Å². The minimum absolute atomic E-state index is 0.0543. The average molecular weight is 675 g/mol. The lowest BCUT2D eigenvalue weighted by Gasteiger charge is -2.27. The largest absolute Gasteiger partial charge is 0.353 e. The molecule has 2 unspecified atom stereocenters. The van der Waals surface area contributed by atoms with Crippen molar-refractivity contribution in [3.8, 4) is 21.1 Å². The van der Waals surface area contributed by atoms with E-state index in [1.54, 1.807) is 11.3 Å². The highest BCUT2D eigenvalue weighted by Gasteiger charge is 2.35. The zero-order valence-electron chi connectivity index (χ0n) is 27.9. The number of rotatable bonds is 14. The van der Waals surface area contributed by atoms with Gasteiger partial charge in [0.1, 0.15) is 10.7 Å². The van der Waals surface area contributed by atoms with Crippen LogP contribution in [0.3, 0.4) is 0 Å². The number of hydrogen-bond donors (Lipinski definition) is 2. The number of amides is 1. The van der Waals surface area contributed by atoms with Gasteiger partial charge in [0.25, 0.3) is 5.91 Å². The monoisotopic (exact) mass is 674 g/mol. The maximum absolute atomic E-state index is 14.7. The molecule has 48 heavy (non-hydrogen) atoms. The molecule has 0 radical (unpaired) electrons. The first-order chi connectivity index (χ1) is 23.6. The summed E-state index contributed by atoms with van der Waals surface area (Å²) >= 11 is 3.49. The summed E-state index contributed by atoms with van der Waals surface area (Å²) in [5.41, 5.74) is 13.4. The summed E-state index contributed by atoms with van der Waals surface area (Å²) in [7, 11) is 0. The number of nitrogens with zero attached hydrogens (tertiary/aromatic N) is 2. The summed E-state index contributed by atoms with van der Waals surface area (Å²) in [6.45, 7) is 3.00. The molecule has 0 spiro atoms. The molecule has 1 saturated heterocycles. The number of para-hydroxylation sites is 1. The van der Waals surface area contributed by atoms with E-state index in [-0.39, 0.29) is 17.9 Å². The second-order valence-electron chi connectivity index (χ2n) is 13.4. The molecule has 1 aliphatic heterocycles. The summed E-state index contributed by atoms with van der Waals surface area (Å²) in [4.78, 5) is 26.5. The average Bonchev–Trinajstić information content (AvgIpc) is 3.93. The van der Waals surface area contributed by atoms with Crippen LogP contribution in [0.1, 0.15) is 91.4 Å². The van der Waals surface area contributed by atoms with Gasteiger partial charge in [-0.1, -0.05) is 112 Å². The minimum atomic E-state index is 0.0543. The van der Waals surface area contributed by atoms with E-state index < -0.39 is 0 Å². The van der Waals surface area contributed by atoms with Crippen LogP contribution in [0.4, 0.5) is 0 Å². The number of unbranched alkanes of at least 4 members (excludes halogenated alkanes) is 3. The summed E-state index contributed by atoms with van der Waals surface area (Å²) in [5, 5.41) is 1.99. The van der Waals surface area contributed by atoms with Crippen LogP contribution in [-0.4, -0.2) is 45.0 Å². The van der Waals surface area contributed by atoms with Crippen molar-refractivity contribution in [2.45, 2.75) is 70.3 Å². The first kappa shape index (κ1) is 32.9. The van der Waals surface area contributed by atoms with Crippen LogP contribution in [0.5, 0.6) is 0 Å². The van der Waals surface area contributed by atoms with Gasteiger partial charge in [0.15, 0.2) is 0 Å². The number of thioether (sulfide) groups is 1. The molecule has 0 saturated carbocycles. The molecule has 7 rings (SSSR count). The number of aromatic nitrogens is 2. The second kappa shape index (κ2) is 15.3. The lowest BCUT2D eigenvalue weighted by molar-refractivity contribution is 0.0722. The number of carbonyl (C=O) groups is 1. The van der Waals surface area contributed by atoms with Gasteiger partial charge in [-0.05, 0) is 72.2 Å². The molecule has 5 nitrogen and oxygen atoms in total. The van der Waals surface area contributed by atoms with Crippen molar-refractivity contribution in [1.29, 1.82) is 0 Å². The van der Waals surface area contributed by atoms with Gasteiger partial charge in [-0.25, -0.2) is 4.98 Å². The zero-order chi connectivity index (χ0) is 32.9. The predicted molar refractivity (Wildman–Crippen MR) is 205 cm³/mol. The smallest absolute Gasteiger partial charge is 0.274 e. The van der Waals surface area contributed by atoms with Gasteiger partial charge in [0, 0.05) is 28.6 Å². The number of thiazole rings is 1. The SMILES string of the molecule is CCCCCCC(CCCN)C[C@@H]1CSCN1C(=O)c1nc(-c2cc3ccccc3[nH]2)sc1-c1cccc(C2C=Cc3ccccc32)c1. The lowest BCUT2D eigenvalue weighted by atomic mass is 9.89. The van der Waals surface area contributed by atoms with Crippen LogP contribution in [0.2, 0.25) is 0 Å². The Morgan fingerprint density at radius 1 is 1.00 bits per heavy atom. The van der Waals surface area contributed by atoms with Crippen LogP contribution in [-0.2, 0) is 0 Å². The standard InChI is InChI=1S/C41H46N4OS2/c1-2-3-4-5-12-28(13-11-22-42)23-33-26-47-27-45(33)41(46)38-39(48-40(44-38)37-25-31-15-7-9-19-36(31)43-37)32-17-10-16-30(24-32)35-21-20-29-14-6-8-18-34(29)35/h6-10,14-21,24-25,28,33,35,43H,2-5,11-13,22-23,26-27,42H2,1H3/t28?,33-,35?/m1/s1. The number of fused-ring (bicyclic) bond motifs is 2. The van der Waals surface area contributed by atoms with E-state index in [0.29, 0.717) is 17.5 Å². The first-order valence-corrected chi connectivity index (χ1v) is 19.6. The Balaban J connectivity index is 1.22. The molecule has 0 bridgehead atoms. The van der Waals surface area contributed by atoms with Crippen molar-refractivity contribution in [3.05, 3.63) is 107 Å². The maximum atomic E-state index is 14.7. The Morgan fingerprint density at radius 2 is 1.85 bits per heavy atom. The molecule has 7 heteroatoms. The summed E-state index contributed by atoms with van der Waals surface area (Å²) in [6.07, 6.45) is 14.1. The number of nitrogens with two attached hydrogens (primary N) is 1. The topological polar surface area (TPSA) is 75.0 Å². The van der Waals surface area contributed by atoms with E-state index in [1.165, 1.54) is 48.8 Å². The number of aromatic amines is 1. The number of carbonyl (C=O) groups excluding carboxylic acids is 1. The van der Waals surface area contributed by atoms with E-state index in [1.807, 2.05) is 17.8 Å². The fourth-order valence-corrected chi connectivity index (χ4v) is 9.69. The number of benzene rings is 3. The summed E-state index contributed by atoms with van der Waals surface area (Å²) in [5.74, 6) is 2.55. The van der Waals surface area contributed by atoms with Crippen LogP contribution in [0.15, 0.2) is 84.9 Å². The van der Waals surface area contributed by atoms with Gasteiger partial charge in [0.2, 0.25) is 0 Å². The van der Waals surface area contributed by atoms with Crippen LogP contribution < -0.4 is 5.73 Å². The van der Waals surface area contributed by atoms with Crippen molar-refractivity contribution in [3.63, 3.8) is 0 Å². The minimum Gasteiger partial charge on any atom is -0.353 e. The van der Waals surface area contributed by atoms with Crippen LogP contribution >= 0.6 is 23.1 Å². The van der Waals surface area contributed by atoms with Gasteiger partial charge in [0.05, 0.1) is 16.4 Å². The Morgan fingerprint density at radius 3 is 2.73 bits per heavy atom. The van der Waals surface area contributed by atoms with Crippen molar-refractivity contribution in [1.82, 2.24) is 14.9 Å². The Labute approximate surface area is 293 Å². The van der Waals surface area contributed by atoms with E-state index in [4.69, 9.17) is 10.7 Å². The normalized spacial score (nSPS) is 17.8. The van der Waals surface area contributed by atoms with Crippen LogP contribution in [0, 0.1) is 5.92 Å². The van der Waals surface area contributed by atoms with E-state index >= 15 is 0 Å². The number of nitrogens with one attached hydrogen (secondary N) is 1. The molecule has 1 aliphatic carbocycles. The van der Waals surface area contributed by atoms with Crippen molar-refractivity contribution < 1.29 is 4.79 Å². The van der Waals surface area contributed by atoms with Gasteiger partial charge >= 0.3 is 0 Å². The molecule has 1 fully saturated rings. The number of H-pyrrole nitrogens is 1. The Hall–Kier alpha value is -3.65. The highest BCUT2D eigenvalue weighted by Crippen LogP contribution is 2.41. The molecular weight excluding hydrogens is 629 g/mol. The summed E-state index contributed by atoms with van der Waals surface area (Å²) < 4.78 is 0. The van der Waals surface area contributed by atoms with Gasteiger partial charge in [-0.2, -0.15) is 0 Å². The molecule has 5 aromatic rings. The van der Waals surface area contributed by atoms with Crippen LogP contribution in [0.25, 0.3) is 38.1 Å². The van der Waals surface area contributed by atoms with Gasteiger partial charge in [-0.3, -0.25) is 4.79 Å². The number of hydrogen-bond acceptors (Lipinski definition) is 5. The highest BCUT2D eigenvalue weighted by atomic mass is 32.2. The zero-order valence-corrected chi connectivity index (χ0v) is 29.5. The Kier molecular flexibility index (Phi) is 10.5. The highest BCUT2D eigenvalue weighted by molar-refractivity contribution is 7.99. The quantitative estimate of drug-likeness (QED) is 0.115. The molecular formula is C41H46N4OS2. The molecule has 3 aromatic carbocycles. The second-order valence-corrected chi connectivity index (χ2v) is 15.4. The maximum Gasteiger partial charge on any atom is 0.274 e. The molecule has 3 N–H and O–H groups in total. The summed E-state index contributed by atoms with van der Waals surface area (Å²) in [6, 6.07) is 28.0. The third kappa shape index (κ3) is 7.05. The Bertz CT molecular complexity index is 1860. The molecule has 2 aromatic heterocycles. The van der Waals surface area contributed by atoms with E-state index in [9.17, 15) is 4.79 Å². The molecule has 3 heterocycles. The fraction of sp³-hybridized carbons (Fsp3) is 0.366. The molecule has 1 amide bonds. The van der Waals surface area contributed by atoms with Crippen molar-refractivity contribution in [2.75, 3.05) is 18.2 Å². The van der Waals surface area contributed by atoms with Crippen molar-refractivity contribution >= 4 is 46.0 Å². The lowest BCUT2D eigenvalue weighted by Crippen LogP contribution is -2.38. The van der Waals surface area contributed by atoms with Crippen molar-refractivity contribution in [2.24, 2.45) is 11.7 Å². The first-order valence-electron chi connectivity index (χ1n) is 17.7. The van der Waals surface area contributed by atoms with Gasteiger partial charge in [-0.15, -0.1) is 23.1 Å². The third-order valence-corrected chi connectivity index (χ3v) is 12.2. The fourth-order valence-electron chi connectivity index (χ4n) is 7.45. The van der Waals surface area contributed by atoms with E-state index in [0.717, 1.165) is 63.6 Å². The van der Waals surface area contributed by atoms with Gasteiger partial charge < -0.3 is 15.6 Å². The predicted octanol–water partition coefficient (Wildman–Crippen LogP) is 10.3. The number of allylic oxidation sites excluding steroid dienone is 1. The molecule has 3 atom stereocenters. The molecule has 248 valence electrons.